The summed E-state index contributed by atoms with van der Waals surface area (Å²) in [6.45, 7) is 4.42. The van der Waals surface area contributed by atoms with E-state index < -0.39 is 53.9 Å². The van der Waals surface area contributed by atoms with Crippen LogP contribution in [0.3, 0.4) is 0 Å². The van der Waals surface area contributed by atoms with E-state index in [1.54, 1.807) is 24.3 Å². The molecule has 20 aromatic rings. The highest BCUT2D eigenvalue weighted by atomic mass is 79.9. The third-order valence-corrected chi connectivity index (χ3v) is 26.4. The zero-order valence-corrected chi connectivity index (χ0v) is 74.7. The lowest BCUT2D eigenvalue weighted by Crippen LogP contribution is -2.28. The van der Waals surface area contributed by atoms with Gasteiger partial charge in [0.15, 0.2) is 11.5 Å². The maximum atomic E-state index is 13.1. The molecule has 0 amide bonds. The quantitative estimate of drug-likeness (QED) is 0.0506. The van der Waals surface area contributed by atoms with Crippen LogP contribution in [0.4, 0.5) is 26.3 Å². The largest absolute Gasteiger partial charge is 0.534 e. The standard InChI is InChI=1S/C22H16Br2.C22H16Cl2.C22H12F6O6S2.C22H18.C20H14O2/c2*23-13-17-11-9-15-5-1-3-7-19(15)21(17)22-18(14-24)12-10-16-6-2-4-8-20(16)22;23-21(24,25)35(29,30)33-17-11-9-13-5-1-3-7-15(13)19(17)20-16-8-4-2-6-14(16)10-12-18(20)34-36(31,32)22(26,27)28;1-15-11-13-17-7-3-5-9-19(17)21(15)22-16(2)12-14-18-8-4-6-10-20(18)22;21-17-11-9-13-5-1-3-7-15(13)19(17)20-16-8-4-2-6-14(16)10-12-18(20)22/h2*1-12H,13-14H2;1-12H;3-14H,1-2H3;1-12,21-22H. The van der Waals surface area contributed by atoms with Crippen molar-refractivity contribution >= 4 is 183 Å². The maximum absolute atomic E-state index is 13.1. The van der Waals surface area contributed by atoms with Crippen molar-refractivity contribution in [2.75, 3.05) is 0 Å². The molecule has 638 valence electrons. The van der Waals surface area contributed by atoms with Crippen LogP contribution in [0.1, 0.15) is 33.4 Å². The van der Waals surface area contributed by atoms with Crippen molar-refractivity contribution in [3.05, 3.63) is 397 Å². The molecule has 0 unspecified atom stereocenters. The minimum absolute atomic E-state index is 0.0537. The van der Waals surface area contributed by atoms with E-state index in [1.807, 2.05) is 60.7 Å². The fourth-order valence-electron chi connectivity index (χ4n) is 16.9. The first-order valence-corrected chi connectivity index (χ1v) is 46.6. The molecule has 0 fully saturated rings. The van der Waals surface area contributed by atoms with Crippen molar-refractivity contribution in [2.24, 2.45) is 0 Å². The van der Waals surface area contributed by atoms with Crippen LogP contribution in [0.5, 0.6) is 23.0 Å². The molecule has 0 saturated heterocycles. The number of alkyl halides is 10. The summed E-state index contributed by atoms with van der Waals surface area (Å²) >= 11 is 20.0. The molecule has 128 heavy (non-hydrogen) atoms. The molecule has 0 aliphatic heterocycles. The van der Waals surface area contributed by atoms with Gasteiger partial charge in [-0.3, -0.25) is 0 Å². The Morgan fingerprint density at radius 3 is 0.672 bits per heavy atom. The number of phenols is 2. The Labute approximate surface area is 762 Å². The Morgan fingerprint density at radius 2 is 0.438 bits per heavy atom. The van der Waals surface area contributed by atoms with E-state index >= 15 is 0 Å². The van der Waals surface area contributed by atoms with E-state index in [0.717, 1.165) is 55.5 Å². The molecule has 0 heterocycles. The van der Waals surface area contributed by atoms with E-state index in [-0.39, 0.29) is 22.3 Å². The number of hydrogen-bond acceptors (Lipinski definition) is 8. The van der Waals surface area contributed by atoms with Crippen molar-refractivity contribution in [3.8, 4) is 78.6 Å². The van der Waals surface area contributed by atoms with E-state index in [1.165, 1.54) is 169 Å². The third kappa shape index (κ3) is 17.8. The first kappa shape index (κ1) is 88.6. The number of benzene rings is 20. The molecule has 0 bridgehead atoms. The molecule has 0 aromatic heterocycles. The van der Waals surface area contributed by atoms with Crippen molar-refractivity contribution in [1.29, 1.82) is 0 Å². The average molecular weight is 1910 g/mol. The number of fused-ring (bicyclic) bond motifs is 10. The lowest BCUT2D eigenvalue weighted by Gasteiger charge is -2.19. The Hall–Kier alpha value is -12.8. The number of hydrogen-bond donors (Lipinski definition) is 2. The van der Waals surface area contributed by atoms with Gasteiger partial charge in [-0.1, -0.05) is 372 Å². The smallest absolute Gasteiger partial charge is 0.507 e. The van der Waals surface area contributed by atoms with Gasteiger partial charge < -0.3 is 18.6 Å². The predicted molar refractivity (Wildman–Crippen MR) is 523 cm³/mol. The number of aromatic hydroxyl groups is 2. The molecule has 0 aliphatic carbocycles. The molecule has 0 radical (unpaired) electrons. The van der Waals surface area contributed by atoms with E-state index in [4.69, 9.17) is 23.2 Å². The third-order valence-electron chi connectivity index (χ3n) is 22.7. The zero-order valence-electron chi connectivity index (χ0n) is 68.4. The monoisotopic (exact) mass is 1910 g/mol. The van der Waals surface area contributed by atoms with Gasteiger partial charge in [0.05, 0.1) is 0 Å². The van der Waals surface area contributed by atoms with Gasteiger partial charge in [-0.2, -0.15) is 43.2 Å². The van der Waals surface area contributed by atoms with Gasteiger partial charge in [-0.25, -0.2) is 0 Å². The number of halogens is 10. The average Bonchev–Trinajstić information content (AvgIpc) is 0.745. The maximum Gasteiger partial charge on any atom is 0.534 e. The normalized spacial score (nSPS) is 11.8. The van der Waals surface area contributed by atoms with Crippen LogP contribution in [0, 0.1) is 13.8 Å². The lowest BCUT2D eigenvalue weighted by molar-refractivity contribution is -0.0505. The molecule has 20 rings (SSSR count). The van der Waals surface area contributed by atoms with E-state index in [2.05, 4.69) is 272 Å². The molecule has 20 aromatic carbocycles. The summed E-state index contributed by atoms with van der Waals surface area (Å²) in [4.78, 5) is 0. The van der Waals surface area contributed by atoms with Crippen LogP contribution in [0.2, 0.25) is 0 Å². The molecular weight excluding hydrogens is 1830 g/mol. The summed E-state index contributed by atoms with van der Waals surface area (Å²) in [5, 5.41) is 42.6. The molecule has 0 spiro atoms. The van der Waals surface area contributed by atoms with Gasteiger partial charge in [0.25, 0.3) is 0 Å². The Morgan fingerprint density at radius 1 is 0.250 bits per heavy atom. The first-order chi connectivity index (χ1) is 61.8. The first-order valence-electron chi connectivity index (χ1n) is 40.5. The number of aryl methyl sites for hydroxylation is 2. The fraction of sp³-hybridized carbons (Fsp3) is 0.0741. The van der Waals surface area contributed by atoms with Gasteiger partial charge in [-0.15, -0.1) is 23.2 Å². The summed E-state index contributed by atoms with van der Waals surface area (Å²) in [6.07, 6.45) is 0. The molecule has 8 nitrogen and oxygen atoms in total. The summed E-state index contributed by atoms with van der Waals surface area (Å²) in [6, 6.07) is 117. The highest BCUT2D eigenvalue weighted by Crippen LogP contribution is 2.51. The van der Waals surface area contributed by atoms with Crippen LogP contribution >= 0.6 is 55.1 Å². The summed E-state index contributed by atoms with van der Waals surface area (Å²) in [5.74, 6) is -0.514. The molecule has 20 heteroatoms. The van der Waals surface area contributed by atoms with Crippen molar-refractivity contribution in [1.82, 2.24) is 0 Å². The zero-order chi connectivity index (χ0) is 89.8. The molecule has 0 aliphatic rings. The van der Waals surface area contributed by atoms with Crippen LogP contribution in [-0.2, 0) is 42.7 Å². The lowest BCUT2D eigenvalue weighted by atomic mass is 9.88. The summed E-state index contributed by atoms with van der Waals surface area (Å²) in [7, 11) is -12.4. The van der Waals surface area contributed by atoms with Crippen LogP contribution < -0.4 is 8.37 Å². The second kappa shape index (κ2) is 37.6. The SMILES string of the molecule is BrCc1ccc2ccccc2c1-c1c(CBr)ccc2ccccc12.Cc1ccc2ccccc2c1-c1c(C)ccc2ccccc12.ClCc1ccc2ccccc2c1-c1c(CCl)ccc2ccccc12.O=S(=O)(Oc1ccc2ccccc2c1-c1c(OS(=O)(=O)C(F)(F)F)ccc2ccccc12)C(F)(F)F.Oc1ccc2ccccc2c1-c1c(O)ccc2ccccc12. The number of rotatable bonds is 13. The summed E-state index contributed by atoms with van der Waals surface area (Å²) < 4.78 is 135. The highest BCUT2D eigenvalue weighted by Gasteiger charge is 2.50. The Kier molecular flexibility index (Phi) is 26.1. The van der Waals surface area contributed by atoms with Gasteiger partial charge in [0, 0.05) is 44.7 Å². The molecule has 0 atom stereocenters. The van der Waals surface area contributed by atoms with Crippen LogP contribution in [-0.4, -0.2) is 38.1 Å². The van der Waals surface area contributed by atoms with Crippen molar-refractivity contribution in [2.45, 2.75) is 47.3 Å². The van der Waals surface area contributed by atoms with Gasteiger partial charge in [0.2, 0.25) is 0 Å². The number of phenolic OH excluding ortho intramolecular Hbond substituents is 2. The second-order valence-electron chi connectivity index (χ2n) is 30.4. The predicted octanol–water partition coefficient (Wildman–Crippen LogP) is 32.1. The highest BCUT2D eigenvalue weighted by molar-refractivity contribution is 9.08. The Bertz CT molecular complexity index is 7130. The second-order valence-corrected chi connectivity index (χ2v) is 35.2. The molecule has 2 N–H and O–H groups in total. The Balaban J connectivity index is 0.000000119. The van der Waals surface area contributed by atoms with Crippen LogP contribution in [0.25, 0.3) is 163 Å². The fourth-order valence-corrected chi connectivity index (χ4v) is 19.2. The van der Waals surface area contributed by atoms with Gasteiger partial charge >= 0.3 is 31.3 Å². The van der Waals surface area contributed by atoms with Crippen molar-refractivity contribution in [3.63, 3.8) is 0 Å². The van der Waals surface area contributed by atoms with Gasteiger partial charge in [-0.05, 0) is 213 Å². The van der Waals surface area contributed by atoms with Crippen molar-refractivity contribution < 1.29 is 61.8 Å². The summed E-state index contributed by atoms with van der Waals surface area (Å²) in [5.41, 5.74) is 4.27. The van der Waals surface area contributed by atoms with Crippen LogP contribution in [0.15, 0.2) is 364 Å². The minimum atomic E-state index is -6.21. The van der Waals surface area contributed by atoms with Gasteiger partial charge in [0.1, 0.15) is 11.5 Å². The molecular formula is C108H76Br2Cl2F6O8S2. The topological polar surface area (TPSA) is 127 Å². The van der Waals surface area contributed by atoms with E-state index in [9.17, 15) is 53.4 Å². The molecule has 0 saturated carbocycles. The minimum Gasteiger partial charge on any atom is -0.507 e. The van der Waals surface area contributed by atoms with E-state index in [0.29, 0.717) is 33.7 Å².